The van der Waals surface area contributed by atoms with E-state index in [0.717, 1.165) is 6.42 Å². The van der Waals surface area contributed by atoms with Gasteiger partial charge in [-0.15, -0.1) is 0 Å². The van der Waals surface area contributed by atoms with Crippen molar-refractivity contribution >= 4 is 0 Å². The van der Waals surface area contributed by atoms with Gasteiger partial charge in [-0.25, -0.2) is 17.7 Å². The van der Waals surface area contributed by atoms with Gasteiger partial charge in [-0.05, 0) is 11.1 Å². The Morgan fingerprint density at radius 3 is 1.73 bits per heavy atom. The van der Waals surface area contributed by atoms with Crippen LogP contribution in [0.15, 0.2) is 77.9 Å². The van der Waals surface area contributed by atoms with Crippen LogP contribution in [-0.4, -0.2) is 0 Å². The summed E-state index contributed by atoms with van der Waals surface area (Å²) in [5.41, 5.74) is 5.49. The first-order valence-corrected chi connectivity index (χ1v) is 8.22. The second kappa shape index (κ2) is 13.6. The van der Waals surface area contributed by atoms with E-state index in [-0.39, 0.29) is 58.9 Å². The quantitative estimate of drug-likeness (QED) is 0.341. The molecule has 0 saturated heterocycles. The molecule has 0 amide bonds. The molecule has 0 heterocycles. The Balaban J connectivity index is 0. The van der Waals surface area contributed by atoms with Crippen molar-refractivity contribution in [3.8, 4) is 0 Å². The van der Waals surface area contributed by atoms with Gasteiger partial charge in [-0.3, -0.25) is 0 Å². The minimum absolute atomic E-state index is 0. The van der Waals surface area contributed by atoms with Crippen LogP contribution in [0.2, 0.25) is 0 Å². The van der Waals surface area contributed by atoms with Crippen LogP contribution < -0.4 is 37.2 Å². The first-order chi connectivity index (χ1) is 10.8. The molecule has 0 N–H and O–H groups in total. The summed E-state index contributed by atoms with van der Waals surface area (Å²) in [5.74, 6) is 0.921. The van der Waals surface area contributed by atoms with Crippen LogP contribution in [-0.2, 0) is 21.7 Å². The molecular formula is C22H23Cl3Ti. The van der Waals surface area contributed by atoms with Crippen LogP contribution in [0.1, 0.15) is 43.7 Å². The third-order valence-corrected chi connectivity index (χ3v) is 4.60. The second-order valence-electron chi connectivity index (χ2n) is 6.08. The maximum Gasteiger partial charge on any atom is 4.00 e. The molecule has 0 spiro atoms. The van der Waals surface area contributed by atoms with Crippen molar-refractivity contribution in [2.45, 2.75) is 32.6 Å². The Morgan fingerprint density at radius 1 is 0.846 bits per heavy atom. The largest absolute Gasteiger partial charge is 4.00 e. The van der Waals surface area contributed by atoms with Crippen LogP contribution >= 0.6 is 0 Å². The molecule has 26 heavy (non-hydrogen) atoms. The van der Waals surface area contributed by atoms with Crippen molar-refractivity contribution in [2.75, 3.05) is 0 Å². The Morgan fingerprint density at radius 2 is 1.31 bits per heavy atom. The molecule has 0 saturated carbocycles. The molecule has 2 aromatic carbocycles. The molecule has 1 unspecified atom stereocenters. The van der Waals surface area contributed by atoms with E-state index in [1.807, 2.05) is 0 Å². The average molecular weight is 442 g/mol. The predicted molar refractivity (Wildman–Crippen MR) is 93.6 cm³/mol. The van der Waals surface area contributed by atoms with E-state index in [2.05, 4.69) is 86.7 Å². The van der Waals surface area contributed by atoms with Gasteiger partial charge in [-0.2, -0.15) is 5.57 Å². The molecule has 0 nitrogen and oxygen atoms in total. The molecule has 136 valence electrons. The van der Waals surface area contributed by atoms with Gasteiger partial charge in [0.1, 0.15) is 0 Å². The molecule has 0 aliphatic heterocycles. The zero-order chi connectivity index (χ0) is 15.4. The fourth-order valence-electron chi connectivity index (χ4n) is 3.13. The first-order valence-electron chi connectivity index (χ1n) is 8.22. The Labute approximate surface area is 191 Å². The van der Waals surface area contributed by atoms with E-state index in [4.69, 9.17) is 0 Å². The van der Waals surface area contributed by atoms with E-state index in [0.29, 0.717) is 11.8 Å². The molecule has 0 radical (unpaired) electrons. The Kier molecular flexibility index (Phi) is 14.5. The molecule has 4 heteroatoms. The zero-order valence-corrected chi connectivity index (χ0v) is 18.9. The monoisotopic (exact) mass is 440 g/mol. The van der Waals surface area contributed by atoms with Gasteiger partial charge in [0.05, 0.1) is 0 Å². The van der Waals surface area contributed by atoms with Crippen molar-refractivity contribution < 1.29 is 58.9 Å². The molecular weight excluding hydrogens is 418 g/mol. The third kappa shape index (κ3) is 6.59. The minimum Gasteiger partial charge on any atom is -1.00 e. The number of rotatable bonds is 5. The molecule has 1 aliphatic carbocycles. The summed E-state index contributed by atoms with van der Waals surface area (Å²) in [6.07, 6.45) is 8.28. The van der Waals surface area contributed by atoms with Crippen molar-refractivity contribution in [1.82, 2.24) is 0 Å². The molecule has 1 aliphatic rings. The van der Waals surface area contributed by atoms with Crippen molar-refractivity contribution in [3.05, 3.63) is 95.1 Å². The number of benzene rings is 2. The summed E-state index contributed by atoms with van der Waals surface area (Å²) in [5, 5.41) is 0. The number of hydrogen-bond acceptors (Lipinski definition) is 0. The zero-order valence-electron chi connectivity index (χ0n) is 15.1. The van der Waals surface area contributed by atoms with Gasteiger partial charge >= 0.3 is 21.7 Å². The van der Waals surface area contributed by atoms with Gasteiger partial charge in [0.15, 0.2) is 0 Å². The summed E-state index contributed by atoms with van der Waals surface area (Å²) in [6.45, 7) is 4.54. The van der Waals surface area contributed by atoms with Gasteiger partial charge in [-0.1, -0.05) is 93.3 Å². The van der Waals surface area contributed by atoms with Crippen molar-refractivity contribution in [3.63, 3.8) is 0 Å². The van der Waals surface area contributed by atoms with E-state index in [1.54, 1.807) is 0 Å². The maximum absolute atomic E-state index is 3.72. The summed E-state index contributed by atoms with van der Waals surface area (Å²) < 4.78 is 0. The summed E-state index contributed by atoms with van der Waals surface area (Å²) >= 11 is 0. The van der Waals surface area contributed by atoms with Gasteiger partial charge < -0.3 is 37.2 Å². The van der Waals surface area contributed by atoms with E-state index in [1.165, 1.54) is 28.7 Å². The van der Waals surface area contributed by atoms with Gasteiger partial charge in [0.25, 0.3) is 0 Å². The molecule has 1 atom stereocenters. The first kappa shape index (κ1) is 27.7. The van der Waals surface area contributed by atoms with E-state index in [9.17, 15) is 0 Å². The fourth-order valence-corrected chi connectivity index (χ4v) is 3.13. The van der Waals surface area contributed by atoms with Crippen LogP contribution in [0, 0.1) is 12.0 Å². The SMILES string of the molecule is CCC(C)C1=CCC(C(c2ccccc2)c2ccccc2)=[C-]1.[Cl-].[Cl-].[Cl-].[Ti+4]. The molecule has 2 aromatic rings. The molecule has 0 aromatic heterocycles. The van der Waals surface area contributed by atoms with Crippen LogP contribution in [0.5, 0.6) is 0 Å². The smallest absolute Gasteiger partial charge is 1.00 e. The topological polar surface area (TPSA) is 0 Å². The summed E-state index contributed by atoms with van der Waals surface area (Å²) in [6, 6.07) is 21.6. The molecule has 3 rings (SSSR count). The normalized spacial score (nSPS) is 13.2. The third-order valence-electron chi connectivity index (χ3n) is 4.60. The Bertz CT molecular complexity index is 642. The summed E-state index contributed by atoms with van der Waals surface area (Å²) in [7, 11) is 0. The standard InChI is InChI=1S/C22H23.3ClH.Ti/c1-3-17(2)20-14-15-21(16-20)22(18-10-6-4-7-11-18)19-12-8-5-9-13-19;;;;/h4-14,17,22H,3,15H2,1-2H3;3*1H;/q-1;;;;+4/p-3. The van der Waals surface area contributed by atoms with Gasteiger partial charge in [0, 0.05) is 5.92 Å². The number of allylic oxidation sites excluding steroid dienone is 4. The van der Waals surface area contributed by atoms with E-state index < -0.39 is 0 Å². The van der Waals surface area contributed by atoms with Gasteiger partial charge in [0.2, 0.25) is 0 Å². The van der Waals surface area contributed by atoms with Crippen LogP contribution in [0.3, 0.4) is 0 Å². The van der Waals surface area contributed by atoms with Crippen LogP contribution in [0.4, 0.5) is 0 Å². The summed E-state index contributed by atoms with van der Waals surface area (Å²) in [4.78, 5) is 0. The fraction of sp³-hybridized carbons (Fsp3) is 0.273. The number of halogens is 3. The van der Waals surface area contributed by atoms with E-state index >= 15 is 0 Å². The average Bonchev–Trinajstić information content (AvgIpc) is 3.06. The van der Waals surface area contributed by atoms with Crippen molar-refractivity contribution in [1.29, 1.82) is 0 Å². The van der Waals surface area contributed by atoms with Crippen molar-refractivity contribution in [2.24, 2.45) is 5.92 Å². The Hall–Kier alpha value is -0.496. The minimum atomic E-state index is 0. The molecule has 0 bridgehead atoms. The maximum atomic E-state index is 3.72. The number of hydrogen-bond donors (Lipinski definition) is 0. The van der Waals surface area contributed by atoms with Crippen LogP contribution in [0.25, 0.3) is 0 Å². The second-order valence-corrected chi connectivity index (χ2v) is 6.08. The molecule has 0 fully saturated rings. The predicted octanol–water partition coefficient (Wildman–Crippen LogP) is -3.07.